The molecule has 3 fully saturated rings. The number of benzene rings is 2. The van der Waals surface area contributed by atoms with Crippen LogP contribution in [0, 0.1) is 28.1 Å². The molecule has 3 saturated carbocycles. The first kappa shape index (κ1) is 26.1. The highest BCUT2D eigenvalue weighted by Crippen LogP contribution is 2.60. The number of rotatable bonds is 11. The molecule has 4 heteroatoms. The highest BCUT2D eigenvalue weighted by atomic mass is 16.5. The fraction of sp³-hybridized carbons (Fsp3) is 0.562. The number of unbranched alkanes of at least 4 members (excludes halogenated alkanes) is 3. The molecule has 5 rings (SSSR count). The summed E-state index contributed by atoms with van der Waals surface area (Å²) in [5, 5.41) is 20.5. The minimum absolute atomic E-state index is 0.0305. The van der Waals surface area contributed by atoms with Crippen LogP contribution >= 0.6 is 0 Å². The van der Waals surface area contributed by atoms with Gasteiger partial charge in [-0.25, -0.2) is 0 Å². The van der Waals surface area contributed by atoms with Gasteiger partial charge in [-0.2, -0.15) is 10.5 Å². The molecular formula is C32H40N2O2. The molecule has 0 saturated heterocycles. The molecule has 3 aliphatic carbocycles. The zero-order valence-corrected chi connectivity index (χ0v) is 22.3. The van der Waals surface area contributed by atoms with Gasteiger partial charge in [-0.1, -0.05) is 51.7 Å². The maximum atomic E-state index is 10.3. The summed E-state index contributed by atoms with van der Waals surface area (Å²) < 4.78 is 11.5. The number of ether oxygens (including phenoxy) is 2. The van der Waals surface area contributed by atoms with E-state index in [0.29, 0.717) is 28.9 Å². The first-order chi connectivity index (χ1) is 17.5. The van der Waals surface area contributed by atoms with Crippen molar-refractivity contribution in [1.82, 2.24) is 0 Å². The highest BCUT2D eigenvalue weighted by molar-refractivity contribution is 5.80. The standard InChI is InChI=1S/C32H40N2O2/c1-4-6-8-13-31-14-17-32(18-15-31,19-16-31)29-12-11-25(27(22-33)28(29)23-34)26-10-9-24(21-30(26)35-3)36-20-7-5-2/h9-12,21H,4-8,13-20H2,1-3H3. The smallest absolute Gasteiger partial charge is 0.130 e. The molecule has 2 aromatic carbocycles. The average Bonchev–Trinajstić information content (AvgIpc) is 2.93. The average molecular weight is 485 g/mol. The van der Waals surface area contributed by atoms with Crippen molar-refractivity contribution in [3.63, 3.8) is 0 Å². The number of hydrogen-bond donors (Lipinski definition) is 0. The highest BCUT2D eigenvalue weighted by Gasteiger charge is 2.49. The second kappa shape index (κ2) is 11.4. The molecule has 0 heterocycles. The third kappa shape index (κ3) is 4.97. The Morgan fingerprint density at radius 3 is 2.08 bits per heavy atom. The van der Waals surface area contributed by atoms with Crippen LogP contribution in [0.5, 0.6) is 11.5 Å². The van der Waals surface area contributed by atoms with Crippen LogP contribution in [-0.2, 0) is 5.41 Å². The van der Waals surface area contributed by atoms with Gasteiger partial charge in [0.15, 0.2) is 0 Å². The molecule has 2 bridgehead atoms. The summed E-state index contributed by atoms with van der Waals surface area (Å²) in [4.78, 5) is 0. The molecule has 4 nitrogen and oxygen atoms in total. The van der Waals surface area contributed by atoms with Crippen LogP contribution in [-0.4, -0.2) is 13.7 Å². The van der Waals surface area contributed by atoms with E-state index in [1.165, 1.54) is 44.9 Å². The molecule has 190 valence electrons. The monoisotopic (exact) mass is 484 g/mol. The summed E-state index contributed by atoms with van der Waals surface area (Å²) in [6.45, 7) is 5.07. The van der Waals surface area contributed by atoms with Gasteiger partial charge < -0.3 is 9.47 Å². The zero-order chi connectivity index (χ0) is 25.6. The van der Waals surface area contributed by atoms with Gasteiger partial charge in [-0.05, 0) is 79.9 Å². The van der Waals surface area contributed by atoms with Crippen LogP contribution in [0.25, 0.3) is 11.1 Å². The van der Waals surface area contributed by atoms with E-state index < -0.39 is 0 Å². The summed E-state index contributed by atoms with van der Waals surface area (Å²) >= 11 is 0. The quantitative estimate of drug-likeness (QED) is 0.300. The number of nitriles is 2. The van der Waals surface area contributed by atoms with Crippen molar-refractivity contribution < 1.29 is 9.47 Å². The third-order valence-corrected chi connectivity index (χ3v) is 8.94. The Kier molecular flexibility index (Phi) is 8.25. The van der Waals surface area contributed by atoms with E-state index in [1.807, 2.05) is 24.3 Å². The Morgan fingerprint density at radius 2 is 1.47 bits per heavy atom. The van der Waals surface area contributed by atoms with Gasteiger partial charge in [-0.3, -0.25) is 0 Å². The Labute approximate surface area is 217 Å². The molecular weight excluding hydrogens is 444 g/mol. The molecule has 36 heavy (non-hydrogen) atoms. The maximum absolute atomic E-state index is 10.3. The van der Waals surface area contributed by atoms with Gasteiger partial charge in [0, 0.05) is 17.2 Å². The van der Waals surface area contributed by atoms with Crippen molar-refractivity contribution in [2.75, 3.05) is 13.7 Å². The van der Waals surface area contributed by atoms with Crippen molar-refractivity contribution in [3.05, 3.63) is 47.0 Å². The van der Waals surface area contributed by atoms with E-state index in [9.17, 15) is 10.5 Å². The molecule has 0 aliphatic heterocycles. The van der Waals surface area contributed by atoms with Crippen molar-refractivity contribution in [2.45, 2.75) is 96.3 Å². The van der Waals surface area contributed by atoms with Gasteiger partial charge >= 0.3 is 0 Å². The lowest BCUT2D eigenvalue weighted by Crippen LogP contribution is -2.44. The van der Waals surface area contributed by atoms with E-state index in [1.54, 1.807) is 7.11 Å². The molecule has 0 N–H and O–H groups in total. The van der Waals surface area contributed by atoms with Crippen molar-refractivity contribution >= 4 is 0 Å². The predicted molar refractivity (Wildman–Crippen MR) is 144 cm³/mol. The number of fused-ring (bicyclic) bond motifs is 3. The third-order valence-electron chi connectivity index (χ3n) is 8.94. The number of hydrogen-bond acceptors (Lipinski definition) is 4. The van der Waals surface area contributed by atoms with E-state index >= 15 is 0 Å². The molecule has 2 aromatic rings. The van der Waals surface area contributed by atoms with E-state index in [-0.39, 0.29) is 5.41 Å². The number of methoxy groups -OCH3 is 1. The van der Waals surface area contributed by atoms with Gasteiger partial charge in [-0.15, -0.1) is 0 Å². The molecule has 0 atom stereocenters. The molecule has 0 radical (unpaired) electrons. The summed E-state index contributed by atoms with van der Waals surface area (Å²) in [6, 6.07) is 14.8. The SMILES string of the molecule is CCCCCC12CCC(c3ccc(-c4ccc(OCCCC)cc4OC)c(C#N)c3C#N)(CC1)CC2. The fourth-order valence-electron chi connectivity index (χ4n) is 6.61. The van der Waals surface area contributed by atoms with Crippen LogP contribution < -0.4 is 9.47 Å². The Hall–Kier alpha value is -2.98. The minimum Gasteiger partial charge on any atom is -0.496 e. The second-order valence-electron chi connectivity index (χ2n) is 10.9. The molecule has 3 aliphatic rings. The van der Waals surface area contributed by atoms with Gasteiger partial charge in [0.25, 0.3) is 0 Å². The van der Waals surface area contributed by atoms with Crippen LogP contribution in [0.3, 0.4) is 0 Å². The molecule has 0 spiro atoms. The predicted octanol–water partition coefficient (Wildman–Crippen LogP) is 8.46. The summed E-state index contributed by atoms with van der Waals surface area (Å²) in [5.74, 6) is 1.41. The van der Waals surface area contributed by atoms with Crippen LogP contribution in [0.15, 0.2) is 30.3 Å². The van der Waals surface area contributed by atoms with E-state index in [2.05, 4.69) is 32.1 Å². The van der Waals surface area contributed by atoms with E-state index in [4.69, 9.17) is 9.47 Å². The normalized spacial score (nSPS) is 22.6. The molecule has 0 aromatic heterocycles. The van der Waals surface area contributed by atoms with Crippen molar-refractivity contribution in [2.24, 2.45) is 5.41 Å². The molecule has 0 amide bonds. The lowest BCUT2D eigenvalue weighted by atomic mass is 9.50. The largest absolute Gasteiger partial charge is 0.496 e. The van der Waals surface area contributed by atoms with Crippen molar-refractivity contribution in [3.8, 4) is 34.8 Å². The Balaban J connectivity index is 1.65. The molecule has 0 unspecified atom stereocenters. The van der Waals surface area contributed by atoms with Crippen LogP contribution in [0.4, 0.5) is 0 Å². The van der Waals surface area contributed by atoms with Gasteiger partial charge in [0.05, 0.1) is 24.8 Å². The van der Waals surface area contributed by atoms with Gasteiger partial charge in [0.1, 0.15) is 23.6 Å². The topological polar surface area (TPSA) is 66.0 Å². The summed E-state index contributed by atoms with van der Waals surface area (Å²) in [6.07, 6.45) is 14.5. The zero-order valence-electron chi connectivity index (χ0n) is 22.3. The summed E-state index contributed by atoms with van der Waals surface area (Å²) in [5.41, 5.74) is 4.23. The van der Waals surface area contributed by atoms with Crippen LogP contribution in [0.2, 0.25) is 0 Å². The van der Waals surface area contributed by atoms with Gasteiger partial charge in [0.2, 0.25) is 0 Å². The Morgan fingerprint density at radius 1 is 0.806 bits per heavy atom. The Bertz CT molecular complexity index is 1130. The lowest BCUT2D eigenvalue weighted by molar-refractivity contribution is 0.0304. The first-order valence-electron chi connectivity index (χ1n) is 13.8. The van der Waals surface area contributed by atoms with E-state index in [0.717, 1.165) is 54.5 Å². The summed E-state index contributed by atoms with van der Waals surface area (Å²) in [7, 11) is 1.63. The minimum atomic E-state index is 0.0305. The van der Waals surface area contributed by atoms with Crippen LogP contribution in [0.1, 0.15) is 108 Å². The fourth-order valence-corrected chi connectivity index (χ4v) is 6.61. The lowest BCUT2D eigenvalue weighted by Gasteiger charge is -2.54. The first-order valence-corrected chi connectivity index (χ1v) is 13.8. The number of nitrogens with zero attached hydrogens (tertiary/aromatic N) is 2. The second-order valence-corrected chi connectivity index (χ2v) is 10.9. The maximum Gasteiger partial charge on any atom is 0.130 e. The van der Waals surface area contributed by atoms with Crippen molar-refractivity contribution in [1.29, 1.82) is 10.5 Å².